The summed E-state index contributed by atoms with van der Waals surface area (Å²) in [5, 5.41) is 3.42. The van der Waals surface area contributed by atoms with E-state index in [1.165, 1.54) is 11.1 Å². The molecular weight excluding hydrogens is 210 g/mol. The SMILES string of the molecule is Cc1cccc(OCCCNCC(C)C)c1C. The lowest BCUT2D eigenvalue weighted by atomic mass is 10.1. The molecule has 0 spiro atoms. The van der Waals surface area contributed by atoms with E-state index in [9.17, 15) is 0 Å². The Labute approximate surface area is 105 Å². The summed E-state index contributed by atoms with van der Waals surface area (Å²) < 4.78 is 5.78. The predicted molar refractivity (Wildman–Crippen MR) is 73.7 cm³/mol. The summed E-state index contributed by atoms with van der Waals surface area (Å²) in [6.07, 6.45) is 1.06. The molecular formula is C15H25NO. The van der Waals surface area contributed by atoms with Crippen molar-refractivity contribution in [2.45, 2.75) is 34.1 Å². The van der Waals surface area contributed by atoms with Crippen LogP contribution in [0.3, 0.4) is 0 Å². The minimum Gasteiger partial charge on any atom is -0.493 e. The van der Waals surface area contributed by atoms with E-state index >= 15 is 0 Å². The monoisotopic (exact) mass is 235 g/mol. The van der Waals surface area contributed by atoms with Gasteiger partial charge in [-0.15, -0.1) is 0 Å². The van der Waals surface area contributed by atoms with Crippen LogP contribution in [-0.2, 0) is 0 Å². The van der Waals surface area contributed by atoms with Gasteiger partial charge in [0.2, 0.25) is 0 Å². The molecule has 0 amide bonds. The fraction of sp³-hybridized carbons (Fsp3) is 0.600. The zero-order valence-electron chi connectivity index (χ0n) is 11.5. The fourth-order valence-electron chi connectivity index (χ4n) is 1.65. The largest absolute Gasteiger partial charge is 0.493 e. The van der Waals surface area contributed by atoms with Gasteiger partial charge in [0, 0.05) is 0 Å². The zero-order chi connectivity index (χ0) is 12.7. The molecule has 1 aromatic rings. The van der Waals surface area contributed by atoms with E-state index < -0.39 is 0 Å². The van der Waals surface area contributed by atoms with E-state index in [2.05, 4.69) is 45.1 Å². The number of hydrogen-bond acceptors (Lipinski definition) is 2. The van der Waals surface area contributed by atoms with Gasteiger partial charge >= 0.3 is 0 Å². The van der Waals surface area contributed by atoms with Gasteiger partial charge in [-0.3, -0.25) is 0 Å². The third-order valence-electron chi connectivity index (χ3n) is 2.86. The Hall–Kier alpha value is -1.02. The van der Waals surface area contributed by atoms with Crippen LogP contribution in [0.4, 0.5) is 0 Å². The van der Waals surface area contributed by atoms with Crippen LogP contribution < -0.4 is 10.1 Å². The molecule has 0 atom stereocenters. The molecule has 1 rings (SSSR count). The smallest absolute Gasteiger partial charge is 0.122 e. The highest BCUT2D eigenvalue weighted by atomic mass is 16.5. The summed E-state index contributed by atoms with van der Waals surface area (Å²) in [5.41, 5.74) is 2.54. The molecule has 0 aliphatic heterocycles. The van der Waals surface area contributed by atoms with Crippen LogP contribution in [0.25, 0.3) is 0 Å². The number of benzene rings is 1. The van der Waals surface area contributed by atoms with E-state index in [0.29, 0.717) is 0 Å². The van der Waals surface area contributed by atoms with Crippen LogP contribution in [-0.4, -0.2) is 19.7 Å². The first-order chi connectivity index (χ1) is 8.11. The second-order valence-corrected chi connectivity index (χ2v) is 5.00. The van der Waals surface area contributed by atoms with Crippen molar-refractivity contribution in [1.82, 2.24) is 5.32 Å². The molecule has 0 unspecified atom stereocenters. The molecule has 0 fully saturated rings. The molecule has 0 aromatic heterocycles. The van der Waals surface area contributed by atoms with Crippen molar-refractivity contribution in [3.05, 3.63) is 29.3 Å². The van der Waals surface area contributed by atoms with Crippen molar-refractivity contribution in [1.29, 1.82) is 0 Å². The van der Waals surface area contributed by atoms with Crippen molar-refractivity contribution >= 4 is 0 Å². The van der Waals surface area contributed by atoms with Crippen molar-refractivity contribution in [2.24, 2.45) is 5.92 Å². The van der Waals surface area contributed by atoms with Gasteiger partial charge in [-0.2, -0.15) is 0 Å². The number of hydrogen-bond donors (Lipinski definition) is 1. The highest BCUT2D eigenvalue weighted by Gasteiger charge is 2.01. The molecule has 96 valence electrons. The number of aryl methyl sites for hydroxylation is 1. The summed E-state index contributed by atoms with van der Waals surface area (Å²) in [7, 11) is 0. The van der Waals surface area contributed by atoms with E-state index in [4.69, 9.17) is 4.74 Å². The van der Waals surface area contributed by atoms with Crippen LogP contribution in [0.2, 0.25) is 0 Å². The van der Waals surface area contributed by atoms with Crippen molar-refractivity contribution in [2.75, 3.05) is 19.7 Å². The average Bonchev–Trinajstić information content (AvgIpc) is 2.28. The quantitative estimate of drug-likeness (QED) is 0.732. The molecule has 0 saturated carbocycles. The zero-order valence-corrected chi connectivity index (χ0v) is 11.5. The summed E-state index contributed by atoms with van der Waals surface area (Å²) in [5.74, 6) is 1.74. The molecule has 2 heteroatoms. The van der Waals surface area contributed by atoms with E-state index in [1.807, 2.05) is 6.07 Å². The van der Waals surface area contributed by atoms with Crippen LogP contribution in [0.1, 0.15) is 31.4 Å². The Morgan fingerprint density at radius 1 is 1.24 bits per heavy atom. The van der Waals surface area contributed by atoms with Crippen molar-refractivity contribution < 1.29 is 4.74 Å². The standard InChI is InChI=1S/C15H25NO/c1-12(2)11-16-9-6-10-17-15-8-5-7-13(3)14(15)4/h5,7-8,12,16H,6,9-11H2,1-4H3. The summed E-state index contributed by atoms with van der Waals surface area (Å²) in [6.45, 7) is 11.6. The maximum Gasteiger partial charge on any atom is 0.122 e. The second kappa shape index (κ2) is 7.33. The Balaban J connectivity index is 2.20. The lowest BCUT2D eigenvalue weighted by Crippen LogP contribution is -2.22. The molecule has 17 heavy (non-hydrogen) atoms. The van der Waals surface area contributed by atoms with E-state index in [-0.39, 0.29) is 0 Å². The first-order valence-corrected chi connectivity index (χ1v) is 6.51. The number of rotatable bonds is 7. The van der Waals surface area contributed by atoms with Gasteiger partial charge in [-0.1, -0.05) is 26.0 Å². The predicted octanol–water partition coefficient (Wildman–Crippen LogP) is 3.32. The van der Waals surface area contributed by atoms with Gasteiger partial charge in [0.25, 0.3) is 0 Å². The van der Waals surface area contributed by atoms with Gasteiger partial charge in [0.1, 0.15) is 5.75 Å². The third kappa shape index (κ3) is 5.22. The Kier molecular flexibility index (Phi) is 6.06. The molecule has 0 radical (unpaired) electrons. The highest BCUT2D eigenvalue weighted by molar-refractivity contribution is 5.38. The van der Waals surface area contributed by atoms with Crippen LogP contribution in [0, 0.1) is 19.8 Å². The van der Waals surface area contributed by atoms with Gasteiger partial charge in [0.05, 0.1) is 6.61 Å². The fourth-order valence-corrected chi connectivity index (χ4v) is 1.65. The summed E-state index contributed by atoms with van der Waals surface area (Å²) >= 11 is 0. The average molecular weight is 235 g/mol. The maximum atomic E-state index is 5.78. The number of ether oxygens (including phenoxy) is 1. The van der Waals surface area contributed by atoms with Gasteiger partial charge < -0.3 is 10.1 Å². The maximum absolute atomic E-state index is 5.78. The van der Waals surface area contributed by atoms with E-state index in [0.717, 1.165) is 37.8 Å². The Morgan fingerprint density at radius 3 is 2.71 bits per heavy atom. The van der Waals surface area contributed by atoms with Gasteiger partial charge in [0.15, 0.2) is 0 Å². The molecule has 1 N–H and O–H groups in total. The van der Waals surface area contributed by atoms with Gasteiger partial charge in [-0.05, 0) is 56.5 Å². The second-order valence-electron chi connectivity index (χ2n) is 5.00. The minimum atomic E-state index is 0.718. The molecule has 2 nitrogen and oxygen atoms in total. The topological polar surface area (TPSA) is 21.3 Å². The Bertz CT molecular complexity index is 334. The molecule has 0 bridgehead atoms. The first kappa shape index (κ1) is 14.0. The lowest BCUT2D eigenvalue weighted by Gasteiger charge is -2.11. The van der Waals surface area contributed by atoms with Crippen LogP contribution in [0.5, 0.6) is 5.75 Å². The van der Waals surface area contributed by atoms with Gasteiger partial charge in [-0.25, -0.2) is 0 Å². The normalized spacial score (nSPS) is 10.9. The number of nitrogens with one attached hydrogen (secondary N) is 1. The first-order valence-electron chi connectivity index (χ1n) is 6.51. The molecule has 0 aliphatic carbocycles. The molecule has 0 heterocycles. The summed E-state index contributed by atoms with van der Waals surface area (Å²) in [4.78, 5) is 0. The molecule has 0 saturated heterocycles. The van der Waals surface area contributed by atoms with Crippen molar-refractivity contribution in [3.63, 3.8) is 0 Å². The molecule has 0 aliphatic rings. The van der Waals surface area contributed by atoms with Crippen molar-refractivity contribution in [3.8, 4) is 5.75 Å². The Morgan fingerprint density at radius 2 is 2.00 bits per heavy atom. The molecule has 1 aromatic carbocycles. The minimum absolute atomic E-state index is 0.718. The highest BCUT2D eigenvalue weighted by Crippen LogP contribution is 2.20. The van der Waals surface area contributed by atoms with Crippen LogP contribution in [0.15, 0.2) is 18.2 Å². The third-order valence-corrected chi connectivity index (χ3v) is 2.86. The summed E-state index contributed by atoms with van der Waals surface area (Å²) in [6, 6.07) is 6.21. The lowest BCUT2D eigenvalue weighted by molar-refractivity contribution is 0.305. The van der Waals surface area contributed by atoms with E-state index in [1.54, 1.807) is 0 Å². The van der Waals surface area contributed by atoms with Crippen LogP contribution >= 0.6 is 0 Å².